The van der Waals surface area contributed by atoms with Gasteiger partial charge in [0.05, 0.1) is 6.04 Å². The van der Waals surface area contributed by atoms with Crippen molar-refractivity contribution in [3.05, 3.63) is 68.2 Å². The number of likely N-dealkylation sites (N-methyl/N-ethyl adjacent to an activating group) is 1. The third kappa shape index (κ3) is 7.14. The molecule has 2 aromatic carbocycles. The molecule has 0 spiro atoms. The van der Waals surface area contributed by atoms with Crippen LogP contribution in [0.15, 0.2) is 36.4 Å². The standard InChI is InChI=1S/C28H36Cl3N3O/c1-32-27(18-22-6-7-24(30)19-26(22)31)28(35)34-15-10-20(11-16-34)25-9-8-23(29)17-21(25)5-4-14-33-12-2-3-13-33/h6-9,17,19-20,27,32H,2-5,10-16,18H2,1H3/t27-/m1/s1. The van der Waals surface area contributed by atoms with E-state index in [1.807, 2.05) is 30.1 Å². The Hall–Kier alpha value is -1.30. The maximum atomic E-state index is 13.3. The molecule has 4 nitrogen and oxygen atoms in total. The van der Waals surface area contributed by atoms with Gasteiger partial charge in [-0.3, -0.25) is 4.79 Å². The molecule has 0 aromatic heterocycles. The Balaban J connectivity index is 1.34. The van der Waals surface area contributed by atoms with Crippen LogP contribution < -0.4 is 5.32 Å². The fourth-order valence-electron chi connectivity index (χ4n) is 5.54. The Morgan fingerprint density at radius 3 is 2.34 bits per heavy atom. The largest absolute Gasteiger partial charge is 0.341 e. The van der Waals surface area contributed by atoms with Gasteiger partial charge in [-0.2, -0.15) is 0 Å². The molecule has 2 aliphatic rings. The number of carbonyl (C=O) groups excluding carboxylic acids is 1. The molecule has 1 atom stereocenters. The van der Waals surface area contributed by atoms with E-state index in [0.717, 1.165) is 42.9 Å². The molecule has 7 heteroatoms. The summed E-state index contributed by atoms with van der Waals surface area (Å²) >= 11 is 18.8. The minimum absolute atomic E-state index is 0.138. The number of hydrogen-bond acceptors (Lipinski definition) is 3. The van der Waals surface area contributed by atoms with Gasteiger partial charge in [0.25, 0.3) is 0 Å². The summed E-state index contributed by atoms with van der Waals surface area (Å²) in [5.41, 5.74) is 3.73. The van der Waals surface area contributed by atoms with Gasteiger partial charge in [-0.05, 0) is 119 Å². The number of nitrogens with one attached hydrogen (secondary N) is 1. The SMILES string of the molecule is CN[C@H](Cc1ccc(Cl)cc1Cl)C(=O)N1CCC(c2ccc(Cl)cc2CCCN2CCCC2)CC1. The molecule has 0 saturated carbocycles. The van der Waals surface area contributed by atoms with Crippen LogP contribution >= 0.6 is 34.8 Å². The molecule has 2 saturated heterocycles. The van der Waals surface area contributed by atoms with E-state index >= 15 is 0 Å². The first-order chi connectivity index (χ1) is 16.9. The molecule has 0 radical (unpaired) electrons. The van der Waals surface area contributed by atoms with E-state index in [9.17, 15) is 4.79 Å². The normalized spacial score (nSPS) is 18.2. The first-order valence-corrected chi connectivity index (χ1v) is 14.0. The van der Waals surface area contributed by atoms with Crippen molar-refractivity contribution in [3.63, 3.8) is 0 Å². The Morgan fingerprint density at radius 1 is 0.971 bits per heavy atom. The second kappa shape index (κ2) is 12.8. The van der Waals surface area contributed by atoms with Gasteiger partial charge in [0.1, 0.15) is 0 Å². The van der Waals surface area contributed by atoms with Crippen molar-refractivity contribution in [2.75, 3.05) is 39.8 Å². The van der Waals surface area contributed by atoms with Crippen LogP contribution in [0.1, 0.15) is 54.7 Å². The number of carbonyl (C=O) groups is 1. The highest BCUT2D eigenvalue weighted by molar-refractivity contribution is 6.35. The van der Waals surface area contributed by atoms with Crippen molar-refractivity contribution >= 4 is 40.7 Å². The van der Waals surface area contributed by atoms with E-state index < -0.39 is 0 Å². The summed E-state index contributed by atoms with van der Waals surface area (Å²) in [5, 5.41) is 5.21. The van der Waals surface area contributed by atoms with Crippen molar-refractivity contribution in [2.24, 2.45) is 0 Å². The zero-order chi connectivity index (χ0) is 24.8. The quantitative estimate of drug-likeness (QED) is 0.414. The Kier molecular flexibility index (Phi) is 9.77. The van der Waals surface area contributed by atoms with Gasteiger partial charge in [-0.15, -0.1) is 0 Å². The summed E-state index contributed by atoms with van der Waals surface area (Å²) in [6, 6.07) is 11.5. The van der Waals surface area contributed by atoms with Crippen molar-refractivity contribution in [3.8, 4) is 0 Å². The second-order valence-corrected chi connectivity index (χ2v) is 11.2. The number of likely N-dealkylation sites (tertiary alicyclic amines) is 2. The van der Waals surface area contributed by atoms with Gasteiger partial charge in [0.2, 0.25) is 5.91 Å². The summed E-state index contributed by atoms with van der Waals surface area (Å²) in [7, 11) is 1.83. The molecule has 2 aromatic rings. The molecule has 2 fully saturated rings. The molecule has 0 aliphatic carbocycles. The number of amides is 1. The van der Waals surface area contributed by atoms with E-state index in [0.29, 0.717) is 22.4 Å². The topological polar surface area (TPSA) is 35.6 Å². The average Bonchev–Trinajstić information content (AvgIpc) is 3.37. The number of nitrogens with zero attached hydrogens (tertiary/aromatic N) is 2. The van der Waals surface area contributed by atoms with Crippen molar-refractivity contribution in [1.82, 2.24) is 15.1 Å². The molecule has 2 heterocycles. The monoisotopic (exact) mass is 535 g/mol. The fraction of sp³-hybridized carbons (Fsp3) is 0.536. The minimum Gasteiger partial charge on any atom is -0.341 e. The van der Waals surface area contributed by atoms with E-state index in [1.54, 1.807) is 6.07 Å². The lowest BCUT2D eigenvalue weighted by atomic mass is 9.85. The van der Waals surface area contributed by atoms with Crippen LogP contribution in [0.5, 0.6) is 0 Å². The Labute approximate surface area is 224 Å². The molecule has 0 bridgehead atoms. The van der Waals surface area contributed by atoms with E-state index in [1.165, 1.54) is 50.0 Å². The molecule has 0 unspecified atom stereocenters. The van der Waals surface area contributed by atoms with Crippen LogP contribution in [0.3, 0.4) is 0 Å². The van der Waals surface area contributed by atoms with Crippen molar-refractivity contribution < 1.29 is 4.79 Å². The molecule has 1 amide bonds. The maximum absolute atomic E-state index is 13.3. The summed E-state index contributed by atoms with van der Waals surface area (Å²) in [5.74, 6) is 0.607. The third-order valence-corrected chi connectivity index (χ3v) is 8.38. The van der Waals surface area contributed by atoms with Crippen LogP contribution in [-0.4, -0.2) is 61.5 Å². The number of rotatable bonds is 9. The van der Waals surface area contributed by atoms with Gasteiger partial charge in [0.15, 0.2) is 0 Å². The molecule has 1 N–H and O–H groups in total. The summed E-state index contributed by atoms with van der Waals surface area (Å²) < 4.78 is 0. The van der Waals surface area contributed by atoms with Gasteiger partial charge >= 0.3 is 0 Å². The Morgan fingerprint density at radius 2 is 1.66 bits per heavy atom. The molecular formula is C28H36Cl3N3O. The number of benzene rings is 2. The van der Waals surface area contributed by atoms with Crippen LogP contribution in [0, 0.1) is 0 Å². The molecule has 2 aliphatic heterocycles. The first-order valence-electron chi connectivity index (χ1n) is 12.8. The van der Waals surface area contributed by atoms with E-state index in [2.05, 4.69) is 22.3 Å². The van der Waals surface area contributed by atoms with Crippen molar-refractivity contribution in [2.45, 2.75) is 56.9 Å². The first kappa shape index (κ1) is 26.8. The highest BCUT2D eigenvalue weighted by Gasteiger charge is 2.29. The lowest BCUT2D eigenvalue weighted by molar-refractivity contribution is -0.134. The highest BCUT2D eigenvalue weighted by Crippen LogP contribution is 2.33. The third-order valence-electron chi connectivity index (χ3n) is 7.56. The van der Waals surface area contributed by atoms with Gasteiger partial charge in [-0.1, -0.05) is 46.9 Å². The summed E-state index contributed by atoms with van der Waals surface area (Å²) in [6.07, 6.45) is 7.40. The number of hydrogen-bond donors (Lipinski definition) is 1. The predicted octanol–water partition coefficient (Wildman–Crippen LogP) is 6.21. The molecule has 190 valence electrons. The highest BCUT2D eigenvalue weighted by atomic mass is 35.5. The number of piperidine rings is 1. The zero-order valence-corrected chi connectivity index (χ0v) is 22.8. The maximum Gasteiger partial charge on any atom is 0.240 e. The summed E-state index contributed by atoms with van der Waals surface area (Å²) in [4.78, 5) is 17.9. The van der Waals surface area contributed by atoms with E-state index in [4.69, 9.17) is 34.8 Å². The minimum atomic E-state index is -0.304. The molecular weight excluding hydrogens is 501 g/mol. The van der Waals surface area contributed by atoms with Gasteiger partial charge in [-0.25, -0.2) is 0 Å². The van der Waals surface area contributed by atoms with Crippen LogP contribution in [0.25, 0.3) is 0 Å². The zero-order valence-electron chi connectivity index (χ0n) is 20.5. The Bertz CT molecular complexity index is 1000. The molecule has 4 rings (SSSR count). The predicted molar refractivity (Wildman–Crippen MR) is 147 cm³/mol. The lowest BCUT2D eigenvalue weighted by Gasteiger charge is -2.35. The fourth-order valence-corrected chi connectivity index (χ4v) is 6.22. The number of aryl methyl sites for hydroxylation is 1. The molecule has 35 heavy (non-hydrogen) atoms. The van der Waals surface area contributed by atoms with Crippen LogP contribution in [0.4, 0.5) is 0 Å². The lowest BCUT2D eigenvalue weighted by Crippen LogP contribution is -2.49. The van der Waals surface area contributed by atoms with Crippen LogP contribution in [0.2, 0.25) is 15.1 Å². The van der Waals surface area contributed by atoms with Crippen molar-refractivity contribution in [1.29, 1.82) is 0 Å². The second-order valence-electron chi connectivity index (χ2n) is 9.88. The van der Waals surface area contributed by atoms with Gasteiger partial charge < -0.3 is 15.1 Å². The average molecular weight is 537 g/mol. The van der Waals surface area contributed by atoms with Gasteiger partial charge in [0, 0.05) is 28.2 Å². The van der Waals surface area contributed by atoms with E-state index in [-0.39, 0.29) is 11.9 Å². The van der Waals surface area contributed by atoms with Crippen LogP contribution in [-0.2, 0) is 17.6 Å². The summed E-state index contributed by atoms with van der Waals surface area (Å²) in [6.45, 7) is 5.19. The number of halogens is 3. The smallest absolute Gasteiger partial charge is 0.240 e.